The minimum Gasteiger partial charge on any atom is -0.396 e. The van der Waals surface area contributed by atoms with E-state index in [0.29, 0.717) is 4.99 Å². The average Bonchev–Trinajstić information content (AvgIpc) is 2.60. The van der Waals surface area contributed by atoms with Crippen molar-refractivity contribution in [1.82, 2.24) is 4.57 Å². The van der Waals surface area contributed by atoms with Gasteiger partial charge in [-0.3, -0.25) is 0 Å². The zero-order valence-corrected chi connectivity index (χ0v) is 8.96. The Kier molecular flexibility index (Phi) is 4.62. The molecule has 0 aliphatic heterocycles. The van der Waals surface area contributed by atoms with E-state index in [4.69, 9.17) is 23.1 Å². The number of hydrogen-bond acceptors (Lipinski definition) is 2. The van der Waals surface area contributed by atoms with Crippen LogP contribution in [-0.4, -0.2) is 21.3 Å². The lowest BCUT2D eigenvalue weighted by atomic mass is 10.2. The molecule has 4 heteroatoms. The summed E-state index contributed by atoms with van der Waals surface area (Å²) in [4.78, 5) is 0.442. The molecule has 1 aromatic rings. The number of unbranched alkanes of at least 4 members (excludes halogenated alkanes) is 2. The summed E-state index contributed by atoms with van der Waals surface area (Å²) < 4.78 is 2.06. The molecular formula is C10H16N2OS. The van der Waals surface area contributed by atoms with Crippen LogP contribution in [0.4, 0.5) is 0 Å². The molecule has 0 unspecified atom stereocenters. The zero-order chi connectivity index (χ0) is 10.4. The number of aromatic nitrogens is 1. The van der Waals surface area contributed by atoms with E-state index in [9.17, 15) is 0 Å². The Morgan fingerprint density at radius 3 is 2.86 bits per heavy atom. The minimum absolute atomic E-state index is 0.272. The fraction of sp³-hybridized carbons (Fsp3) is 0.500. The minimum atomic E-state index is 0.272. The molecule has 1 aromatic heterocycles. The van der Waals surface area contributed by atoms with Crippen LogP contribution in [0.5, 0.6) is 0 Å². The third kappa shape index (κ3) is 3.12. The van der Waals surface area contributed by atoms with E-state index < -0.39 is 0 Å². The van der Waals surface area contributed by atoms with Crippen molar-refractivity contribution in [1.29, 1.82) is 0 Å². The van der Waals surface area contributed by atoms with Gasteiger partial charge in [0.15, 0.2) is 0 Å². The van der Waals surface area contributed by atoms with Crippen LogP contribution < -0.4 is 5.73 Å². The van der Waals surface area contributed by atoms with Crippen LogP contribution >= 0.6 is 12.2 Å². The molecule has 78 valence electrons. The molecule has 0 aromatic carbocycles. The second kappa shape index (κ2) is 5.78. The van der Waals surface area contributed by atoms with E-state index in [1.807, 2.05) is 18.3 Å². The van der Waals surface area contributed by atoms with Gasteiger partial charge in [0.1, 0.15) is 4.99 Å². The number of aliphatic hydroxyl groups excluding tert-OH is 1. The Hall–Kier alpha value is -0.870. The molecule has 0 atom stereocenters. The van der Waals surface area contributed by atoms with Crippen molar-refractivity contribution in [2.45, 2.75) is 25.8 Å². The van der Waals surface area contributed by atoms with Crippen molar-refractivity contribution >= 4 is 17.2 Å². The fourth-order valence-electron chi connectivity index (χ4n) is 1.40. The van der Waals surface area contributed by atoms with Gasteiger partial charge in [-0.15, -0.1) is 0 Å². The number of aryl methyl sites for hydroxylation is 1. The first-order chi connectivity index (χ1) is 6.75. The Morgan fingerprint density at radius 1 is 1.43 bits per heavy atom. The molecular weight excluding hydrogens is 196 g/mol. The number of rotatable bonds is 6. The van der Waals surface area contributed by atoms with Gasteiger partial charge in [0.2, 0.25) is 0 Å². The van der Waals surface area contributed by atoms with Gasteiger partial charge in [-0.25, -0.2) is 0 Å². The Labute approximate surface area is 89.5 Å². The molecule has 0 saturated carbocycles. The van der Waals surface area contributed by atoms with E-state index in [0.717, 1.165) is 31.5 Å². The van der Waals surface area contributed by atoms with Gasteiger partial charge in [0, 0.05) is 19.3 Å². The van der Waals surface area contributed by atoms with Crippen molar-refractivity contribution in [3.63, 3.8) is 0 Å². The van der Waals surface area contributed by atoms with Crippen molar-refractivity contribution in [3.05, 3.63) is 24.0 Å². The number of nitrogens with two attached hydrogens (primary N) is 1. The van der Waals surface area contributed by atoms with Crippen molar-refractivity contribution in [3.8, 4) is 0 Å². The first-order valence-electron chi connectivity index (χ1n) is 4.81. The van der Waals surface area contributed by atoms with E-state index in [2.05, 4.69) is 4.57 Å². The lowest BCUT2D eigenvalue weighted by Crippen LogP contribution is -2.15. The summed E-state index contributed by atoms with van der Waals surface area (Å²) in [5.41, 5.74) is 6.48. The summed E-state index contributed by atoms with van der Waals surface area (Å²) in [7, 11) is 0. The number of thiocarbonyl (C=S) groups is 1. The summed E-state index contributed by atoms with van der Waals surface area (Å²) >= 11 is 4.92. The highest BCUT2D eigenvalue weighted by molar-refractivity contribution is 7.80. The van der Waals surface area contributed by atoms with Crippen LogP contribution in [-0.2, 0) is 6.54 Å². The maximum atomic E-state index is 8.62. The number of aliphatic hydroxyl groups is 1. The molecule has 1 heterocycles. The van der Waals surface area contributed by atoms with Crippen LogP contribution in [0.2, 0.25) is 0 Å². The zero-order valence-electron chi connectivity index (χ0n) is 8.15. The number of nitrogens with zero attached hydrogens (tertiary/aromatic N) is 1. The highest BCUT2D eigenvalue weighted by Crippen LogP contribution is 2.05. The van der Waals surface area contributed by atoms with Crippen LogP contribution in [0, 0.1) is 0 Å². The largest absolute Gasteiger partial charge is 0.396 e. The standard InChI is InChI=1S/C10H16N2OS/c11-10(14)9-5-4-7-12(9)6-2-1-3-8-13/h4-5,7,13H,1-3,6,8H2,(H2,11,14). The summed E-state index contributed by atoms with van der Waals surface area (Å²) in [6.45, 7) is 1.19. The summed E-state index contributed by atoms with van der Waals surface area (Å²) in [5.74, 6) is 0. The second-order valence-corrected chi connectivity index (χ2v) is 3.68. The van der Waals surface area contributed by atoms with E-state index in [1.165, 1.54) is 0 Å². The normalized spacial score (nSPS) is 10.4. The molecule has 0 aliphatic carbocycles. The first kappa shape index (κ1) is 11.2. The van der Waals surface area contributed by atoms with Gasteiger partial charge in [-0.05, 0) is 31.4 Å². The third-order valence-electron chi connectivity index (χ3n) is 2.14. The third-order valence-corrected chi connectivity index (χ3v) is 2.35. The van der Waals surface area contributed by atoms with Crippen molar-refractivity contribution in [2.24, 2.45) is 5.73 Å². The molecule has 0 fully saturated rings. The summed E-state index contributed by atoms with van der Waals surface area (Å²) in [6, 6.07) is 3.87. The Morgan fingerprint density at radius 2 is 2.21 bits per heavy atom. The molecule has 14 heavy (non-hydrogen) atoms. The van der Waals surface area contributed by atoms with E-state index in [1.54, 1.807) is 0 Å². The molecule has 0 spiro atoms. The number of hydrogen-bond donors (Lipinski definition) is 2. The molecule has 1 rings (SSSR count). The second-order valence-electron chi connectivity index (χ2n) is 3.24. The lowest BCUT2D eigenvalue weighted by molar-refractivity contribution is 0.282. The van der Waals surface area contributed by atoms with Gasteiger partial charge in [0.25, 0.3) is 0 Å². The van der Waals surface area contributed by atoms with Gasteiger partial charge >= 0.3 is 0 Å². The smallest absolute Gasteiger partial charge is 0.120 e. The van der Waals surface area contributed by atoms with Gasteiger partial charge < -0.3 is 15.4 Å². The Balaban J connectivity index is 2.42. The van der Waals surface area contributed by atoms with Crippen molar-refractivity contribution < 1.29 is 5.11 Å². The van der Waals surface area contributed by atoms with E-state index in [-0.39, 0.29) is 6.61 Å². The van der Waals surface area contributed by atoms with Gasteiger partial charge in [-0.1, -0.05) is 12.2 Å². The monoisotopic (exact) mass is 212 g/mol. The predicted molar refractivity (Wildman–Crippen MR) is 61.3 cm³/mol. The SMILES string of the molecule is NC(=S)c1cccn1CCCCCO. The maximum absolute atomic E-state index is 8.62. The molecule has 0 bridgehead atoms. The van der Waals surface area contributed by atoms with Crippen LogP contribution in [0.25, 0.3) is 0 Å². The molecule has 0 amide bonds. The maximum Gasteiger partial charge on any atom is 0.120 e. The molecule has 0 radical (unpaired) electrons. The highest BCUT2D eigenvalue weighted by Gasteiger charge is 2.02. The fourth-order valence-corrected chi connectivity index (χ4v) is 1.59. The van der Waals surface area contributed by atoms with Gasteiger partial charge in [0.05, 0.1) is 5.69 Å². The van der Waals surface area contributed by atoms with Crippen LogP contribution in [0.3, 0.4) is 0 Å². The summed E-state index contributed by atoms with van der Waals surface area (Å²) in [6.07, 6.45) is 4.92. The molecule has 0 aliphatic rings. The predicted octanol–water partition coefficient (Wildman–Crippen LogP) is 1.28. The van der Waals surface area contributed by atoms with E-state index >= 15 is 0 Å². The van der Waals surface area contributed by atoms with Gasteiger partial charge in [-0.2, -0.15) is 0 Å². The first-order valence-corrected chi connectivity index (χ1v) is 5.22. The molecule has 3 N–H and O–H groups in total. The molecule has 0 saturated heterocycles. The van der Waals surface area contributed by atoms with Crippen molar-refractivity contribution in [2.75, 3.05) is 6.61 Å². The molecule has 3 nitrogen and oxygen atoms in total. The van der Waals surface area contributed by atoms with Crippen LogP contribution in [0.15, 0.2) is 18.3 Å². The topological polar surface area (TPSA) is 51.2 Å². The highest BCUT2D eigenvalue weighted by atomic mass is 32.1. The van der Waals surface area contributed by atoms with Crippen LogP contribution in [0.1, 0.15) is 25.0 Å². The Bertz CT molecular complexity index is 296. The average molecular weight is 212 g/mol. The summed E-state index contributed by atoms with van der Waals surface area (Å²) in [5, 5.41) is 8.62. The lowest BCUT2D eigenvalue weighted by Gasteiger charge is -2.07. The quantitative estimate of drug-likeness (QED) is 0.552.